The fourth-order valence-corrected chi connectivity index (χ4v) is 5.63. The summed E-state index contributed by atoms with van der Waals surface area (Å²) >= 11 is 6.43. The number of rotatable bonds is 3. The zero-order valence-electron chi connectivity index (χ0n) is 18.2. The molecule has 0 radical (unpaired) electrons. The number of hydrogen-bond acceptors (Lipinski definition) is 6. The van der Waals surface area contributed by atoms with Gasteiger partial charge in [-0.3, -0.25) is 14.3 Å². The van der Waals surface area contributed by atoms with Crippen molar-refractivity contribution in [1.29, 1.82) is 0 Å². The Bertz CT molecular complexity index is 1190. The van der Waals surface area contributed by atoms with Gasteiger partial charge in [0, 0.05) is 18.6 Å². The second-order valence-corrected chi connectivity index (χ2v) is 9.51. The van der Waals surface area contributed by atoms with Crippen molar-refractivity contribution < 1.29 is 9.32 Å². The van der Waals surface area contributed by atoms with E-state index in [1.807, 2.05) is 21.6 Å². The summed E-state index contributed by atoms with van der Waals surface area (Å²) in [6.45, 7) is 5.85. The van der Waals surface area contributed by atoms with Gasteiger partial charge in [0.2, 0.25) is 11.7 Å². The summed E-state index contributed by atoms with van der Waals surface area (Å²) < 4.78 is 7.61. The van der Waals surface area contributed by atoms with Crippen LogP contribution in [0.3, 0.4) is 0 Å². The van der Waals surface area contributed by atoms with Crippen LogP contribution in [0.15, 0.2) is 29.0 Å². The molecule has 3 atom stereocenters. The number of likely N-dealkylation sites (tertiary alicyclic amines) is 1. The molecule has 6 rings (SSSR count). The van der Waals surface area contributed by atoms with Gasteiger partial charge in [-0.05, 0) is 45.2 Å². The Morgan fingerprint density at radius 3 is 2.75 bits per heavy atom. The second kappa shape index (κ2) is 7.42. The minimum Gasteiger partial charge on any atom is -0.337 e. The van der Waals surface area contributed by atoms with Gasteiger partial charge in [-0.2, -0.15) is 4.98 Å². The number of aromatic nitrogens is 4. The predicted molar refractivity (Wildman–Crippen MR) is 119 cm³/mol. The summed E-state index contributed by atoms with van der Waals surface area (Å²) in [5, 5.41) is 4.72. The molecule has 5 heterocycles. The van der Waals surface area contributed by atoms with Crippen molar-refractivity contribution in [3.8, 4) is 17.2 Å². The lowest BCUT2D eigenvalue weighted by Gasteiger charge is -2.39. The largest absolute Gasteiger partial charge is 0.337 e. The number of piperidine rings is 1. The molecule has 3 aromatic rings. The molecule has 2 aromatic heterocycles. The molecule has 2 fully saturated rings. The fraction of sp³-hybridized carbons (Fsp3) is 0.478. The van der Waals surface area contributed by atoms with Crippen LogP contribution >= 0.6 is 11.6 Å². The van der Waals surface area contributed by atoms with Crippen molar-refractivity contribution in [3.63, 3.8) is 0 Å². The predicted octanol–water partition coefficient (Wildman–Crippen LogP) is 4.24. The van der Waals surface area contributed by atoms with Crippen LogP contribution in [0.25, 0.3) is 17.2 Å². The number of carbonyl (C=O) groups excluding carboxylic acids is 1. The Morgan fingerprint density at radius 2 is 2.00 bits per heavy atom. The first-order chi connectivity index (χ1) is 15.5. The van der Waals surface area contributed by atoms with Gasteiger partial charge in [0.15, 0.2) is 0 Å². The first kappa shape index (κ1) is 19.9. The van der Waals surface area contributed by atoms with Crippen LogP contribution in [-0.2, 0) is 6.54 Å². The van der Waals surface area contributed by atoms with Crippen molar-refractivity contribution >= 4 is 17.5 Å². The molecule has 1 aromatic carbocycles. The molecule has 0 saturated carbocycles. The van der Waals surface area contributed by atoms with E-state index in [1.54, 1.807) is 12.4 Å². The normalized spacial score (nSPS) is 25.0. The van der Waals surface area contributed by atoms with Crippen LogP contribution in [0.2, 0.25) is 5.02 Å². The fourth-order valence-electron chi connectivity index (χ4n) is 5.38. The Morgan fingerprint density at radius 1 is 1.19 bits per heavy atom. The third-order valence-corrected chi connectivity index (χ3v) is 7.55. The number of carbonyl (C=O) groups is 1. The van der Waals surface area contributed by atoms with Crippen molar-refractivity contribution in [2.75, 3.05) is 6.54 Å². The molecule has 166 valence electrons. The van der Waals surface area contributed by atoms with Crippen molar-refractivity contribution in [2.45, 2.75) is 64.2 Å². The highest BCUT2D eigenvalue weighted by atomic mass is 35.5. The van der Waals surface area contributed by atoms with E-state index in [9.17, 15) is 4.79 Å². The van der Waals surface area contributed by atoms with Crippen LogP contribution in [-0.4, -0.2) is 54.0 Å². The summed E-state index contributed by atoms with van der Waals surface area (Å²) in [7, 11) is 0. The topological polar surface area (TPSA) is 80.3 Å². The average Bonchev–Trinajstić information content (AvgIpc) is 3.35. The van der Waals surface area contributed by atoms with E-state index in [2.05, 4.69) is 28.9 Å². The molecule has 0 N–H and O–H groups in total. The molecule has 9 heteroatoms. The van der Waals surface area contributed by atoms with E-state index in [1.165, 1.54) is 19.3 Å². The van der Waals surface area contributed by atoms with Gasteiger partial charge in [0.25, 0.3) is 5.91 Å². The van der Waals surface area contributed by atoms with E-state index in [0.29, 0.717) is 53.2 Å². The molecular weight excluding hydrogens is 428 g/mol. The summed E-state index contributed by atoms with van der Waals surface area (Å²) in [6.07, 6.45) is 6.24. The van der Waals surface area contributed by atoms with Gasteiger partial charge in [-0.15, -0.1) is 0 Å². The molecule has 2 unspecified atom stereocenters. The van der Waals surface area contributed by atoms with Crippen LogP contribution < -0.4 is 0 Å². The summed E-state index contributed by atoms with van der Waals surface area (Å²) in [5.74, 6) is 1.02. The first-order valence-corrected chi connectivity index (χ1v) is 11.7. The molecular formula is C23H25ClN6O2. The van der Waals surface area contributed by atoms with E-state index >= 15 is 0 Å². The average molecular weight is 453 g/mol. The SMILES string of the molecule is CC1CCCC(C)N1Cc1nc(-c2ncn3c2[C@@H]2CCN2C(=O)c2c(Cl)cccc2-3)no1. The van der Waals surface area contributed by atoms with Gasteiger partial charge in [0.1, 0.15) is 12.0 Å². The maximum atomic E-state index is 13.2. The van der Waals surface area contributed by atoms with Gasteiger partial charge in [-0.1, -0.05) is 29.2 Å². The maximum absolute atomic E-state index is 13.2. The lowest BCUT2D eigenvalue weighted by molar-refractivity contribution is 0.0461. The van der Waals surface area contributed by atoms with E-state index in [0.717, 1.165) is 17.8 Å². The lowest BCUT2D eigenvalue weighted by atomic mass is 9.97. The van der Waals surface area contributed by atoms with Crippen molar-refractivity contribution in [3.05, 3.63) is 46.7 Å². The number of fused-ring (bicyclic) bond motifs is 5. The van der Waals surface area contributed by atoms with Crippen molar-refractivity contribution in [2.24, 2.45) is 0 Å². The maximum Gasteiger partial charge on any atom is 0.258 e. The molecule has 0 bridgehead atoms. The Balaban J connectivity index is 1.39. The second-order valence-electron chi connectivity index (χ2n) is 9.10. The third-order valence-electron chi connectivity index (χ3n) is 7.24. The molecule has 32 heavy (non-hydrogen) atoms. The molecule has 0 spiro atoms. The highest BCUT2D eigenvalue weighted by molar-refractivity contribution is 6.34. The summed E-state index contributed by atoms with van der Waals surface area (Å²) in [6, 6.07) is 6.42. The molecule has 8 nitrogen and oxygen atoms in total. The number of benzene rings is 1. The standard InChI is InChI=1S/C23H25ClN6O2/c1-13-5-3-6-14(2)29(13)11-18-26-22(27-32-18)20-21-17-9-10-28(17)23(31)19-15(24)7-4-8-16(19)30(21)12-25-20/h4,7-8,12-14,17H,3,5-6,9-11H2,1-2H3/t13?,14?,17-/m0/s1. The quantitative estimate of drug-likeness (QED) is 0.591. The Hall–Kier alpha value is -2.71. The highest BCUT2D eigenvalue weighted by Gasteiger charge is 2.43. The van der Waals surface area contributed by atoms with Crippen LogP contribution in [0.5, 0.6) is 0 Å². The van der Waals surface area contributed by atoms with Gasteiger partial charge in [0.05, 0.1) is 34.6 Å². The zero-order valence-corrected chi connectivity index (χ0v) is 18.9. The highest BCUT2D eigenvalue weighted by Crippen LogP contribution is 2.44. The van der Waals surface area contributed by atoms with E-state index in [4.69, 9.17) is 21.1 Å². The van der Waals surface area contributed by atoms with Gasteiger partial charge in [-0.25, -0.2) is 4.98 Å². The first-order valence-electron chi connectivity index (χ1n) is 11.3. The molecule has 0 aliphatic carbocycles. The van der Waals surface area contributed by atoms with Crippen molar-refractivity contribution in [1.82, 2.24) is 29.5 Å². The number of hydrogen-bond donors (Lipinski definition) is 0. The molecule has 2 saturated heterocycles. The minimum absolute atomic E-state index is 0.0432. The third kappa shape index (κ3) is 2.93. The van der Waals surface area contributed by atoms with E-state index < -0.39 is 0 Å². The van der Waals surface area contributed by atoms with E-state index in [-0.39, 0.29) is 11.9 Å². The number of imidazole rings is 1. The molecule has 3 aliphatic heterocycles. The van der Waals surface area contributed by atoms with Crippen LogP contribution in [0, 0.1) is 0 Å². The smallest absolute Gasteiger partial charge is 0.258 e. The number of halogens is 1. The molecule has 3 aliphatic rings. The summed E-state index contributed by atoms with van der Waals surface area (Å²) in [5.41, 5.74) is 2.83. The minimum atomic E-state index is -0.0763. The monoisotopic (exact) mass is 452 g/mol. The summed E-state index contributed by atoms with van der Waals surface area (Å²) in [4.78, 5) is 26.8. The molecule has 1 amide bonds. The number of nitrogens with zero attached hydrogens (tertiary/aromatic N) is 6. The van der Waals surface area contributed by atoms with Gasteiger partial charge < -0.3 is 9.42 Å². The lowest BCUT2D eigenvalue weighted by Crippen LogP contribution is -2.44. The van der Waals surface area contributed by atoms with Crippen LogP contribution in [0.4, 0.5) is 0 Å². The van der Waals surface area contributed by atoms with Crippen LogP contribution in [0.1, 0.15) is 67.5 Å². The number of amides is 1. The zero-order chi connectivity index (χ0) is 22.0. The van der Waals surface area contributed by atoms with Gasteiger partial charge >= 0.3 is 0 Å². The Labute approximate surface area is 191 Å². The Kier molecular flexibility index (Phi) is 4.62.